The molecule has 4 aliphatic rings. The molecular formula is C50H53ClN10O3S. The third-order valence-electron chi connectivity index (χ3n) is 14.2. The summed E-state index contributed by atoms with van der Waals surface area (Å²) in [4.78, 5) is 26.7. The summed E-state index contributed by atoms with van der Waals surface area (Å²) in [5, 5.41) is 31.9. The Hall–Kier alpha value is -5.91. The van der Waals surface area contributed by atoms with Gasteiger partial charge in [-0.05, 0) is 138 Å². The Balaban J connectivity index is 0.731. The van der Waals surface area contributed by atoms with Gasteiger partial charge < -0.3 is 19.4 Å². The fourth-order valence-electron chi connectivity index (χ4n) is 10.6. The SMILES string of the molecule is Cc1sc2c(c1C)C(c1ccc(CC[C@H]3CC[C@@]4(CCCN(c5ccc(C(=O)N[C@H]6CC[C@H](Oc7ccc(C#N)c(Cl)c7)CC6)nn5)C4)C3)cc1)=N[C@H](Cc1ncco1)c1nnc(C)n1-2. The highest BCUT2D eigenvalue weighted by Crippen LogP contribution is 2.49. The van der Waals surface area contributed by atoms with E-state index in [-0.39, 0.29) is 29.5 Å². The number of carbonyl (C=O) groups excluding carboxylic acids is 1. The molecule has 15 heteroatoms. The largest absolute Gasteiger partial charge is 0.490 e. The molecular weight excluding hydrogens is 856 g/mol. The van der Waals surface area contributed by atoms with E-state index in [1.165, 1.54) is 48.1 Å². The number of benzene rings is 2. The number of aliphatic imine (C=N–C) groups is 1. The number of carbonyl (C=O) groups is 1. The number of amides is 1. The van der Waals surface area contributed by atoms with Crippen LogP contribution in [0.25, 0.3) is 5.00 Å². The number of aromatic nitrogens is 6. The van der Waals surface area contributed by atoms with E-state index < -0.39 is 0 Å². The fraction of sp³-hybridized carbons (Fsp3) is 0.440. The van der Waals surface area contributed by atoms with Crippen LogP contribution in [0.15, 0.2) is 76.5 Å². The van der Waals surface area contributed by atoms with Crippen molar-refractivity contribution in [1.29, 1.82) is 5.26 Å². The second-order valence-corrected chi connectivity index (χ2v) is 20.1. The lowest BCUT2D eigenvalue weighted by molar-refractivity contribution is 0.0888. The van der Waals surface area contributed by atoms with Gasteiger partial charge >= 0.3 is 0 Å². The molecule has 1 saturated heterocycles. The van der Waals surface area contributed by atoms with Gasteiger partial charge in [-0.1, -0.05) is 35.9 Å². The van der Waals surface area contributed by atoms with Crippen LogP contribution in [0.4, 0.5) is 5.82 Å². The van der Waals surface area contributed by atoms with Crippen LogP contribution in [-0.4, -0.2) is 66.8 Å². The van der Waals surface area contributed by atoms with Crippen molar-refractivity contribution in [1.82, 2.24) is 35.3 Å². The number of thiophene rings is 1. The standard InChI is InChI=1S/C50H53ClN10O3S/c1-30-31(2)65-49-45(30)46(55-42(26-44-53-22-24-63-44)47-59-56-32(3)61(47)49)35-9-7-33(8-10-35)5-6-34-19-21-50(27-34)20-4-23-60(29-50)43-18-17-41(57-58-43)48(62)54-37-12-15-38(16-13-37)64-39-14-11-36(28-52)40(51)25-39/h7-11,14,17-18,22,24-25,34,37-38,42H,4-6,12-13,15-16,19-21,23,26-27,29H2,1-3H3,(H,54,62)/t34-,37-,38-,42+,50-/m0/s1. The molecule has 13 nitrogen and oxygen atoms in total. The van der Waals surface area contributed by atoms with E-state index >= 15 is 0 Å². The van der Waals surface area contributed by atoms with Crippen LogP contribution in [-0.2, 0) is 12.8 Å². The summed E-state index contributed by atoms with van der Waals surface area (Å²) in [5.74, 6) is 4.28. The van der Waals surface area contributed by atoms with E-state index in [4.69, 9.17) is 31.0 Å². The predicted molar refractivity (Wildman–Crippen MR) is 250 cm³/mol. The van der Waals surface area contributed by atoms with Gasteiger partial charge in [0.15, 0.2) is 23.2 Å². The maximum atomic E-state index is 13.2. The average molecular weight is 910 g/mol. The first-order valence-electron chi connectivity index (χ1n) is 23.0. The number of piperidine rings is 1. The van der Waals surface area contributed by atoms with Gasteiger partial charge in [-0.3, -0.25) is 14.4 Å². The third kappa shape index (κ3) is 8.93. The molecule has 0 radical (unpaired) electrons. The summed E-state index contributed by atoms with van der Waals surface area (Å²) in [6.07, 6.45) is 15.4. The Morgan fingerprint density at radius 3 is 2.62 bits per heavy atom. The molecule has 2 saturated carbocycles. The van der Waals surface area contributed by atoms with Gasteiger partial charge in [0.05, 0.1) is 35.0 Å². The molecule has 2 aliphatic carbocycles. The van der Waals surface area contributed by atoms with Gasteiger partial charge in [0.2, 0.25) is 0 Å². The predicted octanol–water partition coefficient (Wildman–Crippen LogP) is 9.83. The molecule has 65 heavy (non-hydrogen) atoms. The molecule has 0 bridgehead atoms. The van der Waals surface area contributed by atoms with Crippen molar-refractivity contribution < 1.29 is 13.9 Å². The first-order chi connectivity index (χ1) is 31.6. The van der Waals surface area contributed by atoms with Crippen LogP contribution in [0.2, 0.25) is 5.02 Å². The van der Waals surface area contributed by atoms with Gasteiger partial charge in [0, 0.05) is 41.2 Å². The van der Waals surface area contributed by atoms with Crippen LogP contribution in [0.1, 0.15) is 131 Å². The van der Waals surface area contributed by atoms with E-state index in [9.17, 15) is 4.79 Å². The molecule has 0 unspecified atom stereocenters. The van der Waals surface area contributed by atoms with Gasteiger partial charge in [-0.25, -0.2) is 4.98 Å². The van der Waals surface area contributed by atoms with Crippen molar-refractivity contribution >= 4 is 40.4 Å². The van der Waals surface area contributed by atoms with Gasteiger partial charge in [-0.15, -0.1) is 31.7 Å². The number of ether oxygens (including phenoxy) is 1. The molecule has 6 aromatic rings. The average Bonchev–Trinajstić information content (AvgIpc) is 4.11. The van der Waals surface area contributed by atoms with E-state index in [0.717, 1.165) is 90.9 Å². The molecule has 334 valence electrons. The van der Waals surface area contributed by atoms with Crippen molar-refractivity contribution in [3.63, 3.8) is 0 Å². The molecule has 6 heterocycles. The Morgan fingerprint density at radius 1 is 1.02 bits per heavy atom. The highest BCUT2D eigenvalue weighted by Gasteiger charge is 2.42. The van der Waals surface area contributed by atoms with Crippen LogP contribution >= 0.6 is 22.9 Å². The fourth-order valence-corrected chi connectivity index (χ4v) is 12.1. The lowest BCUT2D eigenvalue weighted by Gasteiger charge is -2.41. The number of hydrogen-bond donors (Lipinski definition) is 1. The summed E-state index contributed by atoms with van der Waals surface area (Å²) in [5.41, 5.74) is 6.87. The summed E-state index contributed by atoms with van der Waals surface area (Å²) < 4.78 is 14.0. The number of rotatable bonds is 11. The summed E-state index contributed by atoms with van der Waals surface area (Å²) in [6.45, 7) is 8.31. The number of anilines is 1. The maximum Gasteiger partial charge on any atom is 0.272 e. The zero-order valence-electron chi connectivity index (χ0n) is 37.1. The molecule has 1 N–H and O–H groups in total. The van der Waals surface area contributed by atoms with Gasteiger partial charge in [-0.2, -0.15) is 5.26 Å². The topological polar surface area (TPSA) is 160 Å². The number of oxazole rings is 1. The van der Waals surface area contributed by atoms with Crippen molar-refractivity contribution in [2.24, 2.45) is 16.3 Å². The molecule has 3 atom stereocenters. The summed E-state index contributed by atoms with van der Waals surface area (Å²) >= 11 is 7.96. The second-order valence-electron chi connectivity index (χ2n) is 18.5. The van der Waals surface area contributed by atoms with E-state index in [0.29, 0.717) is 40.3 Å². The number of aryl methyl sites for hydroxylation is 3. The molecule has 1 spiro atoms. The minimum Gasteiger partial charge on any atom is -0.490 e. The molecule has 2 aliphatic heterocycles. The van der Waals surface area contributed by atoms with Gasteiger partial charge in [0.1, 0.15) is 34.9 Å². The van der Waals surface area contributed by atoms with Crippen molar-refractivity contribution in [3.05, 3.63) is 128 Å². The highest BCUT2D eigenvalue weighted by molar-refractivity contribution is 7.15. The normalized spacial score (nSPS) is 22.8. The molecule has 4 aromatic heterocycles. The van der Waals surface area contributed by atoms with Crippen LogP contribution in [0, 0.1) is 43.4 Å². The van der Waals surface area contributed by atoms with Crippen LogP contribution in [0.3, 0.4) is 0 Å². The smallest absolute Gasteiger partial charge is 0.272 e. The Morgan fingerprint density at radius 2 is 1.86 bits per heavy atom. The maximum absolute atomic E-state index is 13.2. The number of nitrogens with zero attached hydrogens (tertiary/aromatic N) is 9. The Labute approximate surface area is 388 Å². The number of hydrogen-bond acceptors (Lipinski definition) is 12. The highest BCUT2D eigenvalue weighted by atomic mass is 35.5. The summed E-state index contributed by atoms with van der Waals surface area (Å²) in [7, 11) is 0. The van der Waals surface area contributed by atoms with Crippen LogP contribution < -0.4 is 15.0 Å². The Kier molecular flexibility index (Phi) is 12.0. The quantitative estimate of drug-likeness (QED) is 0.133. The zero-order chi connectivity index (χ0) is 44.7. The first-order valence-corrected chi connectivity index (χ1v) is 24.2. The number of nitriles is 1. The molecule has 2 aromatic carbocycles. The van der Waals surface area contributed by atoms with Gasteiger partial charge in [0.25, 0.3) is 5.91 Å². The first kappa shape index (κ1) is 43.0. The van der Waals surface area contributed by atoms with Crippen molar-refractivity contribution in [3.8, 4) is 16.8 Å². The molecule has 3 fully saturated rings. The van der Waals surface area contributed by atoms with E-state index in [2.05, 4.69) is 84.3 Å². The lowest BCUT2D eigenvalue weighted by Crippen LogP contribution is -2.43. The lowest BCUT2D eigenvalue weighted by atomic mass is 9.77. The monoisotopic (exact) mass is 908 g/mol. The number of fused-ring (bicyclic) bond motifs is 3. The third-order valence-corrected chi connectivity index (χ3v) is 15.7. The molecule has 10 rings (SSSR count). The van der Waals surface area contributed by atoms with Crippen molar-refractivity contribution in [2.45, 2.75) is 116 Å². The number of halogens is 1. The zero-order valence-corrected chi connectivity index (χ0v) is 38.7. The van der Waals surface area contributed by atoms with Crippen molar-refractivity contribution in [2.75, 3.05) is 18.0 Å². The van der Waals surface area contributed by atoms with E-state index in [1.54, 1.807) is 42.0 Å². The second kappa shape index (κ2) is 18.2. The Bertz CT molecular complexity index is 2750. The minimum absolute atomic E-state index is 0.0347. The molecule has 1 amide bonds. The summed E-state index contributed by atoms with van der Waals surface area (Å²) in [6, 6.07) is 19.8. The number of nitrogens with one attached hydrogen (secondary N) is 1. The van der Waals surface area contributed by atoms with Crippen LogP contribution in [0.5, 0.6) is 5.75 Å². The minimum atomic E-state index is -0.292. The van der Waals surface area contributed by atoms with E-state index in [1.807, 2.05) is 19.1 Å².